The lowest BCUT2D eigenvalue weighted by Crippen LogP contribution is -2.21. The molecule has 1 atom stereocenters. The predicted octanol–water partition coefficient (Wildman–Crippen LogP) is 4.10. The average molecular weight is 261 g/mol. The molecule has 2 nitrogen and oxygen atoms in total. The number of fused-ring (bicyclic) bond motifs is 1. The first-order valence-electron chi connectivity index (χ1n) is 7.71. The van der Waals surface area contributed by atoms with Crippen molar-refractivity contribution in [2.24, 2.45) is 5.92 Å². The van der Waals surface area contributed by atoms with Crippen molar-refractivity contribution in [3.8, 4) is 5.75 Å². The zero-order valence-electron chi connectivity index (χ0n) is 12.5. The SMILES string of the molecule is CCC(CC)COc1ccc2c(c1)C(NC)CCC2. The molecule has 0 saturated heterocycles. The van der Waals surface area contributed by atoms with E-state index in [0.717, 1.165) is 12.4 Å². The highest BCUT2D eigenvalue weighted by molar-refractivity contribution is 5.39. The molecular weight excluding hydrogens is 234 g/mol. The summed E-state index contributed by atoms with van der Waals surface area (Å²) < 4.78 is 5.98. The summed E-state index contributed by atoms with van der Waals surface area (Å²) >= 11 is 0. The van der Waals surface area contributed by atoms with Crippen LogP contribution in [-0.2, 0) is 6.42 Å². The fourth-order valence-corrected chi connectivity index (χ4v) is 2.91. The molecule has 2 rings (SSSR count). The molecule has 2 heteroatoms. The second-order valence-electron chi connectivity index (χ2n) is 5.59. The summed E-state index contributed by atoms with van der Waals surface area (Å²) in [6.45, 7) is 5.32. The zero-order chi connectivity index (χ0) is 13.7. The Labute approximate surface area is 117 Å². The summed E-state index contributed by atoms with van der Waals surface area (Å²) in [5, 5.41) is 3.42. The van der Waals surface area contributed by atoms with Gasteiger partial charge in [-0.15, -0.1) is 0 Å². The maximum Gasteiger partial charge on any atom is 0.119 e. The van der Waals surface area contributed by atoms with E-state index in [4.69, 9.17) is 4.74 Å². The third-order valence-electron chi connectivity index (χ3n) is 4.42. The van der Waals surface area contributed by atoms with Crippen molar-refractivity contribution >= 4 is 0 Å². The molecule has 0 heterocycles. The first-order valence-corrected chi connectivity index (χ1v) is 7.71. The van der Waals surface area contributed by atoms with Crippen molar-refractivity contribution in [3.63, 3.8) is 0 Å². The van der Waals surface area contributed by atoms with Gasteiger partial charge in [0.05, 0.1) is 6.61 Å². The third-order valence-corrected chi connectivity index (χ3v) is 4.42. The Hall–Kier alpha value is -1.02. The minimum Gasteiger partial charge on any atom is -0.493 e. The minimum atomic E-state index is 0.500. The number of hydrogen-bond acceptors (Lipinski definition) is 2. The van der Waals surface area contributed by atoms with Crippen molar-refractivity contribution < 1.29 is 4.74 Å². The van der Waals surface area contributed by atoms with Crippen LogP contribution in [0.15, 0.2) is 18.2 Å². The standard InChI is InChI=1S/C17H27NO/c1-4-13(5-2)12-19-15-10-9-14-7-6-8-17(18-3)16(14)11-15/h9-11,13,17-18H,4-8,12H2,1-3H3. The molecule has 1 aromatic carbocycles. The van der Waals surface area contributed by atoms with Gasteiger partial charge in [0, 0.05) is 6.04 Å². The average Bonchev–Trinajstić information content (AvgIpc) is 2.47. The van der Waals surface area contributed by atoms with Gasteiger partial charge in [-0.3, -0.25) is 0 Å². The molecule has 1 unspecified atom stereocenters. The summed E-state index contributed by atoms with van der Waals surface area (Å²) in [6.07, 6.45) is 6.12. The summed E-state index contributed by atoms with van der Waals surface area (Å²) in [5.41, 5.74) is 2.93. The number of benzene rings is 1. The van der Waals surface area contributed by atoms with E-state index in [1.54, 1.807) is 0 Å². The molecule has 0 aliphatic heterocycles. The topological polar surface area (TPSA) is 21.3 Å². The monoisotopic (exact) mass is 261 g/mol. The van der Waals surface area contributed by atoms with Gasteiger partial charge in [-0.1, -0.05) is 32.8 Å². The molecule has 0 saturated carbocycles. The minimum absolute atomic E-state index is 0.500. The first-order chi connectivity index (χ1) is 9.28. The van der Waals surface area contributed by atoms with Crippen LogP contribution in [-0.4, -0.2) is 13.7 Å². The van der Waals surface area contributed by atoms with Gasteiger partial charge < -0.3 is 10.1 Å². The second-order valence-corrected chi connectivity index (χ2v) is 5.59. The van der Waals surface area contributed by atoms with Crippen LogP contribution in [0.25, 0.3) is 0 Å². The van der Waals surface area contributed by atoms with Crippen molar-refractivity contribution in [2.45, 2.75) is 52.0 Å². The van der Waals surface area contributed by atoms with Crippen molar-refractivity contribution in [1.82, 2.24) is 5.32 Å². The lowest BCUT2D eigenvalue weighted by Gasteiger charge is -2.26. The lowest BCUT2D eigenvalue weighted by atomic mass is 9.87. The largest absolute Gasteiger partial charge is 0.493 e. The quantitative estimate of drug-likeness (QED) is 0.832. The van der Waals surface area contributed by atoms with Gasteiger partial charge in [0.1, 0.15) is 5.75 Å². The van der Waals surface area contributed by atoms with Gasteiger partial charge in [-0.05, 0) is 55.5 Å². The predicted molar refractivity (Wildman–Crippen MR) is 80.7 cm³/mol. The van der Waals surface area contributed by atoms with Gasteiger partial charge in [0.2, 0.25) is 0 Å². The summed E-state index contributed by atoms with van der Waals surface area (Å²) in [4.78, 5) is 0. The molecule has 1 aliphatic carbocycles. The number of hydrogen-bond donors (Lipinski definition) is 1. The molecule has 0 spiro atoms. The van der Waals surface area contributed by atoms with Gasteiger partial charge in [-0.2, -0.15) is 0 Å². The van der Waals surface area contributed by atoms with E-state index >= 15 is 0 Å². The second kappa shape index (κ2) is 6.95. The van der Waals surface area contributed by atoms with Crippen molar-refractivity contribution in [1.29, 1.82) is 0 Å². The Kier molecular flexibility index (Phi) is 5.26. The number of rotatable bonds is 6. The van der Waals surface area contributed by atoms with Crippen LogP contribution in [0.2, 0.25) is 0 Å². The van der Waals surface area contributed by atoms with Gasteiger partial charge in [-0.25, -0.2) is 0 Å². The van der Waals surface area contributed by atoms with E-state index < -0.39 is 0 Å². The molecule has 1 aromatic rings. The molecule has 0 aromatic heterocycles. The summed E-state index contributed by atoms with van der Waals surface area (Å²) in [5.74, 6) is 1.71. The van der Waals surface area contributed by atoms with Crippen molar-refractivity contribution in [3.05, 3.63) is 29.3 Å². The maximum atomic E-state index is 5.98. The normalized spacial score (nSPS) is 18.4. The molecule has 106 valence electrons. The Balaban J connectivity index is 2.07. The van der Waals surface area contributed by atoms with E-state index in [1.807, 2.05) is 0 Å². The van der Waals surface area contributed by atoms with Gasteiger partial charge >= 0.3 is 0 Å². The fourth-order valence-electron chi connectivity index (χ4n) is 2.91. The van der Waals surface area contributed by atoms with Crippen LogP contribution < -0.4 is 10.1 Å². The van der Waals surface area contributed by atoms with Crippen LogP contribution in [0.1, 0.15) is 56.7 Å². The van der Waals surface area contributed by atoms with E-state index in [0.29, 0.717) is 12.0 Å². The molecule has 0 radical (unpaired) electrons. The van der Waals surface area contributed by atoms with Crippen LogP contribution in [0, 0.1) is 5.92 Å². The molecule has 19 heavy (non-hydrogen) atoms. The maximum absolute atomic E-state index is 5.98. The highest BCUT2D eigenvalue weighted by Crippen LogP contribution is 2.32. The Morgan fingerprint density at radius 2 is 2.11 bits per heavy atom. The van der Waals surface area contributed by atoms with E-state index in [9.17, 15) is 0 Å². The molecule has 0 bridgehead atoms. The molecule has 0 amide bonds. The molecule has 1 aliphatic rings. The van der Waals surface area contributed by atoms with Gasteiger partial charge in [0.25, 0.3) is 0 Å². The van der Waals surface area contributed by atoms with Crippen LogP contribution in [0.4, 0.5) is 0 Å². The van der Waals surface area contributed by atoms with Crippen LogP contribution >= 0.6 is 0 Å². The fraction of sp³-hybridized carbons (Fsp3) is 0.647. The van der Waals surface area contributed by atoms with Crippen molar-refractivity contribution in [2.75, 3.05) is 13.7 Å². The van der Waals surface area contributed by atoms with Crippen LogP contribution in [0.5, 0.6) is 5.75 Å². The molecular formula is C17H27NO. The van der Waals surface area contributed by atoms with E-state index in [1.165, 1.54) is 43.2 Å². The number of aryl methyl sites for hydroxylation is 1. The Morgan fingerprint density at radius 3 is 2.79 bits per heavy atom. The highest BCUT2D eigenvalue weighted by Gasteiger charge is 2.19. The summed E-state index contributed by atoms with van der Waals surface area (Å²) in [6, 6.07) is 7.14. The zero-order valence-corrected chi connectivity index (χ0v) is 12.5. The Morgan fingerprint density at radius 1 is 1.32 bits per heavy atom. The third kappa shape index (κ3) is 3.50. The van der Waals surface area contributed by atoms with E-state index in [-0.39, 0.29) is 0 Å². The number of nitrogens with one attached hydrogen (secondary N) is 1. The molecule has 1 N–H and O–H groups in total. The summed E-state index contributed by atoms with van der Waals surface area (Å²) in [7, 11) is 2.05. The van der Waals surface area contributed by atoms with Crippen LogP contribution in [0.3, 0.4) is 0 Å². The Bertz CT molecular complexity index is 398. The highest BCUT2D eigenvalue weighted by atomic mass is 16.5. The van der Waals surface area contributed by atoms with E-state index in [2.05, 4.69) is 44.4 Å². The first kappa shape index (κ1) is 14.4. The smallest absolute Gasteiger partial charge is 0.119 e. The lowest BCUT2D eigenvalue weighted by molar-refractivity contribution is 0.240. The molecule has 0 fully saturated rings. The number of ether oxygens (including phenoxy) is 1. The van der Waals surface area contributed by atoms with Gasteiger partial charge in [0.15, 0.2) is 0 Å².